The van der Waals surface area contributed by atoms with Gasteiger partial charge in [0.05, 0.1) is 12.5 Å². The predicted molar refractivity (Wildman–Crippen MR) is 35.7 cm³/mol. The van der Waals surface area contributed by atoms with Crippen LogP contribution in [0.2, 0.25) is 0 Å². The molecule has 0 aromatic rings. The summed E-state index contributed by atoms with van der Waals surface area (Å²) >= 11 is 0. The van der Waals surface area contributed by atoms with Crippen molar-refractivity contribution in [3.63, 3.8) is 0 Å². The van der Waals surface area contributed by atoms with Gasteiger partial charge in [0.25, 0.3) is 0 Å². The summed E-state index contributed by atoms with van der Waals surface area (Å²) in [6.07, 6.45) is -0.683. The quantitative estimate of drug-likeness (QED) is 0.427. The van der Waals surface area contributed by atoms with Crippen LogP contribution in [0.15, 0.2) is 0 Å². The van der Waals surface area contributed by atoms with Gasteiger partial charge in [0.2, 0.25) is 0 Å². The molecular weight excluding hydrogens is 148 g/mol. The van der Waals surface area contributed by atoms with Gasteiger partial charge in [-0.1, -0.05) is 0 Å². The Morgan fingerprint density at radius 3 is 2.55 bits per heavy atom. The van der Waals surface area contributed by atoms with Crippen LogP contribution in [0.3, 0.4) is 0 Å². The molecule has 0 aromatic heterocycles. The van der Waals surface area contributed by atoms with Gasteiger partial charge >= 0.3 is 11.9 Å². The number of carbonyl (C=O) groups is 2. The topological polar surface area (TPSA) is 52.6 Å². The van der Waals surface area contributed by atoms with Crippen LogP contribution in [0.1, 0.15) is 20.3 Å². The molecule has 0 amide bonds. The van der Waals surface area contributed by atoms with Crippen molar-refractivity contribution in [3.05, 3.63) is 0 Å². The summed E-state index contributed by atoms with van der Waals surface area (Å²) in [5, 5.41) is 0. The zero-order valence-corrected chi connectivity index (χ0v) is 6.49. The van der Waals surface area contributed by atoms with E-state index in [1.165, 1.54) is 0 Å². The van der Waals surface area contributed by atoms with Crippen molar-refractivity contribution < 1.29 is 19.1 Å². The third-order valence-electron chi connectivity index (χ3n) is 1.27. The molecule has 11 heavy (non-hydrogen) atoms. The summed E-state index contributed by atoms with van der Waals surface area (Å²) in [5.74, 6) is -1.07. The Bertz CT molecular complexity index is 185. The Morgan fingerprint density at radius 2 is 2.18 bits per heavy atom. The number of hydrogen-bond donors (Lipinski definition) is 0. The fraction of sp³-hybridized carbons (Fsp3) is 0.714. The van der Waals surface area contributed by atoms with Crippen LogP contribution in [-0.4, -0.2) is 24.1 Å². The summed E-state index contributed by atoms with van der Waals surface area (Å²) in [6, 6.07) is 0. The predicted octanol–water partition coefficient (Wildman–Crippen LogP) is 0.254. The summed E-state index contributed by atoms with van der Waals surface area (Å²) in [6.45, 7) is 3.60. The third-order valence-corrected chi connectivity index (χ3v) is 1.27. The lowest BCUT2D eigenvalue weighted by Crippen LogP contribution is -2.22. The fourth-order valence-corrected chi connectivity index (χ4v) is 0.886. The number of carbonyl (C=O) groups excluding carboxylic acids is 2. The molecule has 4 heteroatoms. The first kappa shape index (κ1) is 8.20. The van der Waals surface area contributed by atoms with Crippen molar-refractivity contribution in [2.75, 3.05) is 0 Å². The first-order chi connectivity index (χ1) is 5.09. The molecule has 4 nitrogen and oxygen atoms in total. The molecule has 0 N–H and O–H groups in total. The van der Waals surface area contributed by atoms with Gasteiger partial charge in [-0.25, -0.2) is 4.79 Å². The van der Waals surface area contributed by atoms with Gasteiger partial charge in [-0.15, -0.1) is 0 Å². The van der Waals surface area contributed by atoms with Crippen molar-refractivity contribution in [1.82, 2.24) is 0 Å². The zero-order chi connectivity index (χ0) is 8.43. The molecule has 1 saturated heterocycles. The van der Waals surface area contributed by atoms with E-state index in [4.69, 9.17) is 4.74 Å². The van der Waals surface area contributed by atoms with Gasteiger partial charge in [-0.3, -0.25) is 4.79 Å². The van der Waals surface area contributed by atoms with Crippen molar-refractivity contribution in [3.8, 4) is 0 Å². The Labute approximate surface area is 64.5 Å². The van der Waals surface area contributed by atoms with E-state index in [9.17, 15) is 9.59 Å². The van der Waals surface area contributed by atoms with Crippen LogP contribution < -0.4 is 0 Å². The zero-order valence-electron chi connectivity index (χ0n) is 6.49. The monoisotopic (exact) mass is 158 g/mol. The summed E-state index contributed by atoms with van der Waals surface area (Å²) in [4.78, 5) is 21.3. The van der Waals surface area contributed by atoms with E-state index in [0.29, 0.717) is 0 Å². The SMILES string of the molecule is CC(C)OC1CC(=O)OC1=O. The molecule has 0 spiro atoms. The molecular formula is C7H10O4. The van der Waals surface area contributed by atoms with Crippen LogP contribution in [0.5, 0.6) is 0 Å². The van der Waals surface area contributed by atoms with Crippen molar-refractivity contribution >= 4 is 11.9 Å². The summed E-state index contributed by atoms with van der Waals surface area (Å²) in [7, 11) is 0. The van der Waals surface area contributed by atoms with Crippen molar-refractivity contribution in [1.29, 1.82) is 0 Å². The largest absolute Gasteiger partial charge is 0.391 e. The molecule has 0 bridgehead atoms. The highest BCUT2D eigenvalue weighted by Gasteiger charge is 2.34. The van der Waals surface area contributed by atoms with E-state index < -0.39 is 18.0 Å². The highest BCUT2D eigenvalue weighted by atomic mass is 16.6. The number of ether oxygens (including phenoxy) is 2. The highest BCUT2D eigenvalue weighted by molar-refractivity contribution is 5.96. The first-order valence-corrected chi connectivity index (χ1v) is 3.49. The highest BCUT2D eigenvalue weighted by Crippen LogP contribution is 2.13. The third kappa shape index (κ3) is 2.01. The van der Waals surface area contributed by atoms with Gasteiger partial charge in [0.1, 0.15) is 0 Å². The van der Waals surface area contributed by atoms with E-state index in [0.717, 1.165) is 0 Å². The lowest BCUT2D eigenvalue weighted by molar-refractivity contribution is -0.156. The van der Waals surface area contributed by atoms with Crippen molar-refractivity contribution in [2.45, 2.75) is 32.5 Å². The number of esters is 2. The minimum absolute atomic E-state index is 0.0526. The maximum absolute atomic E-state index is 10.8. The molecule has 0 saturated carbocycles. The average Bonchev–Trinajstić information content (AvgIpc) is 2.09. The van der Waals surface area contributed by atoms with E-state index in [1.54, 1.807) is 13.8 Å². The Morgan fingerprint density at radius 1 is 1.55 bits per heavy atom. The Hall–Kier alpha value is -0.900. The van der Waals surface area contributed by atoms with E-state index >= 15 is 0 Å². The number of cyclic esters (lactones) is 2. The molecule has 1 atom stereocenters. The van der Waals surface area contributed by atoms with Crippen LogP contribution in [0, 0.1) is 0 Å². The molecule has 0 aliphatic carbocycles. The minimum atomic E-state index is -0.678. The summed E-state index contributed by atoms with van der Waals surface area (Å²) < 4.78 is 9.37. The normalized spacial score (nSPS) is 24.5. The Balaban J connectivity index is 2.47. The number of hydrogen-bond acceptors (Lipinski definition) is 4. The van der Waals surface area contributed by atoms with Gasteiger partial charge < -0.3 is 9.47 Å². The van der Waals surface area contributed by atoms with E-state index in [-0.39, 0.29) is 12.5 Å². The van der Waals surface area contributed by atoms with Crippen LogP contribution in [-0.2, 0) is 19.1 Å². The first-order valence-electron chi connectivity index (χ1n) is 3.49. The molecule has 0 radical (unpaired) electrons. The summed E-state index contributed by atoms with van der Waals surface area (Å²) in [5.41, 5.74) is 0. The molecule has 1 aliphatic heterocycles. The molecule has 1 heterocycles. The standard InChI is InChI=1S/C7H10O4/c1-4(2)10-5-3-6(8)11-7(5)9/h4-5H,3H2,1-2H3. The molecule has 1 rings (SSSR count). The number of rotatable bonds is 2. The van der Waals surface area contributed by atoms with Crippen molar-refractivity contribution in [2.24, 2.45) is 0 Å². The second-order valence-corrected chi connectivity index (χ2v) is 2.67. The molecule has 1 aliphatic rings. The Kier molecular flexibility index (Phi) is 2.24. The van der Waals surface area contributed by atoms with Crippen LogP contribution in [0.25, 0.3) is 0 Å². The molecule has 1 fully saturated rings. The smallest absolute Gasteiger partial charge is 0.343 e. The van der Waals surface area contributed by atoms with E-state index in [1.807, 2.05) is 0 Å². The van der Waals surface area contributed by atoms with Crippen LogP contribution >= 0.6 is 0 Å². The molecule has 1 unspecified atom stereocenters. The second-order valence-electron chi connectivity index (χ2n) is 2.67. The van der Waals surface area contributed by atoms with Gasteiger partial charge in [0, 0.05) is 0 Å². The van der Waals surface area contributed by atoms with Crippen LogP contribution in [0.4, 0.5) is 0 Å². The molecule has 62 valence electrons. The minimum Gasteiger partial charge on any atom is -0.391 e. The average molecular weight is 158 g/mol. The fourth-order valence-electron chi connectivity index (χ4n) is 0.886. The van der Waals surface area contributed by atoms with Gasteiger partial charge in [-0.2, -0.15) is 0 Å². The molecule has 0 aromatic carbocycles. The van der Waals surface area contributed by atoms with Gasteiger partial charge in [0.15, 0.2) is 6.10 Å². The maximum atomic E-state index is 10.8. The second kappa shape index (κ2) is 3.00. The lowest BCUT2D eigenvalue weighted by atomic mass is 10.3. The lowest BCUT2D eigenvalue weighted by Gasteiger charge is -2.09. The van der Waals surface area contributed by atoms with E-state index in [2.05, 4.69) is 4.74 Å². The maximum Gasteiger partial charge on any atom is 0.343 e. The van der Waals surface area contributed by atoms with Gasteiger partial charge in [-0.05, 0) is 13.8 Å².